The Kier molecular flexibility index (Phi) is 3.78. The molecular formula is C12H13IN4. The zero-order chi connectivity index (χ0) is 12.3. The first-order valence-corrected chi connectivity index (χ1v) is 6.32. The second-order valence-electron chi connectivity index (χ2n) is 3.57. The topological polar surface area (TPSA) is 49.8 Å². The van der Waals surface area contributed by atoms with Gasteiger partial charge in [-0.15, -0.1) is 0 Å². The van der Waals surface area contributed by atoms with E-state index >= 15 is 0 Å². The van der Waals surface area contributed by atoms with E-state index in [1.165, 1.54) is 0 Å². The molecule has 0 aliphatic heterocycles. The van der Waals surface area contributed by atoms with Crippen molar-refractivity contribution in [2.75, 3.05) is 17.7 Å². The molecular weight excluding hydrogens is 327 g/mol. The Morgan fingerprint density at radius 1 is 1.18 bits per heavy atom. The van der Waals surface area contributed by atoms with E-state index < -0.39 is 0 Å². The molecule has 0 radical (unpaired) electrons. The normalized spacial score (nSPS) is 10.1. The summed E-state index contributed by atoms with van der Waals surface area (Å²) >= 11 is 2.29. The second kappa shape index (κ2) is 5.31. The van der Waals surface area contributed by atoms with Crippen molar-refractivity contribution < 1.29 is 0 Å². The van der Waals surface area contributed by atoms with E-state index in [-0.39, 0.29) is 0 Å². The lowest BCUT2D eigenvalue weighted by atomic mass is 10.3. The molecule has 17 heavy (non-hydrogen) atoms. The molecule has 0 amide bonds. The fourth-order valence-corrected chi connectivity index (χ4v) is 1.97. The first-order chi connectivity index (χ1) is 8.19. The summed E-state index contributed by atoms with van der Waals surface area (Å²) < 4.78 is 1.16. The molecule has 0 saturated carbocycles. The van der Waals surface area contributed by atoms with Crippen molar-refractivity contribution in [3.63, 3.8) is 0 Å². The predicted octanol–water partition coefficient (Wildman–Crippen LogP) is 3.17. The van der Waals surface area contributed by atoms with Gasteiger partial charge in [-0.1, -0.05) is 12.1 Å². The zero-order valence-electron chi connectivity index (χ0n) is 9.66. The van der Waals surface area contributed by atoms with E-state index in [0.717, 1.165) is 20.8 Å². The highest BCUT2D eigenvalue weighted by atomic mass is 127. The number of rotatable bonds is 3. The van der Waals surface area contributed by atoms with Gasteiger partial charge in [0.25, 0.3) is 0 Å². The lowest BCUT2D eigenvalue weighted by molar-refractivity contribution is 1.10. The Labute approximate surface area is 114 Å². The zero-order valence-corrected chi connectivity index (χ0v) is 11.8. The first kappa shape index (κ1) is 12.1. The average molecular weight is 340 g/mol. The Hall–Kier alpha value is -1.37. The molecule has 88 valence electrons. The second-order valence-corrected chi connectivity index (χ2v) is 4.74. The largest absolute Gasteiger partial charge is 0.357 e. The van der Waals surface area contributed by atoms with Crippen molar-refractivity contribution in [3.05, 3.63) is 39.6 Å². The quantitative estimate of drug-likeness (QED) is 0.843. The lowest BCUT2D eigenvalue weighted by Gasteiger charge is -2.09. The van der Waals surface area contributed by atoms with E-state index in [9.17, 15) is 0 Å². The third-order valence-corrected chi connectivity index (χ3v) is 3.16. The highest BCUT2D eigenvalue weighted by Gasteiger charge is 2.03. The molecule has 1 aromatic heterocycles. The fraction of sp³-hybridized carbons (Fsp3) is 0.167. The van der Waals surface area contributed by atoms with E-state index in [4.69, 9.17) is 0 Å². The standard InChI is InChI=1S/C12H13IN4/c1-8-7-11(17-12(14-2)15-8)16-10-6-4-3-5-9(10)13/h3-7H,1-2H3,(H2,14,15,16,17). The number of aryl methyl sites for hydroxylation is 1. The molecule has 0 saturated heterocycles. The number of hydrogen-bond donors (Lipinski definition) is 2. The molecule has 0 aliphatic rings. The van der Waals surface area contributed by atoms with Crippen molar-refractivity contribution in [2.24, 2.45) is 0 Å². The molecule has 0 aliphatic carbocycles. The van der Waals surface area contributed by atoms with Gasteiger partial charge in [0.05, 0.1) is 5.69 Å². The number of anilines is 3. The summed E-state index contributed by atoms with van der Waals surface area (Å²) in [5.41, 5.74) is 1.98. The molecule has 2 aromatic rings. The van der Waals surface area contributed by atoms with Gasteiger partial charge in [0.15, 0.2) is 0 Å². The molecule has 0 fully saturated rings. The maximum absolute atomic E-state index is 4.35. The Morgan fingerprint density at radius 2 is 1.94 bits per heavy atom. The van der Waals surface area contributed by atoms with E-state index in [1.54, 1.807) is 0 Å². The van der Waals surface area contributed by atoms with Crippen LogP contribution in [0, 0.1) is 10.5 Å². The highest BCUT2D eigenvalue weighted by Crippen LogP contribution is 2.21. The first-order valence-electron chi connectivity index (χ1n) is 5.24. The van der Waals surface area contributed by atoms with Crippen LogP contribution in [-0.4, -0.2) is 17.0 Å². The number of aromatic nitrogens is 2. The van der Waals surface area contributed by atoms with Gasteiger partial charge in [-0.05, 0) is 41.6 Å². The van der Waals surface area contributed by atoms with E-state index in [2.05, 4.69) is 49.3 Å². The van der Waals surface area contributed by atoms with Crippen LogP contribution in [0.1, 0.15) is 5.69 Å². The maximum Gasteiger partial charge on any atom is 0.224 e. The van der Waals surface area contributed by atoms with Crippen LogP contribution in [0.4, 0.5) is 17.5 Å². The Balaban J connectivity index is 2.30. The van der Waals surface area contributed by atoms with Crippen molar-refractivity contribution in [1.29, 1.82) is 0 Å². The molecule has 1 aromatic carbocycles. The maximum atomic E-state index is 4.35. The van der Waals surface area contributed by atoms with Crippen molar-refractivity contribution in [3.8, 4) is 0 Å². The SMILES string of the molecule is CNc1nc(C)cc(Nc2ccccc2I)n1. The van der Waals surface area contributed by atoms with Crippen LogP contribution in [0.3, 0.4) is 0 Å². The van der Waals surface area contributed by atoms with Gasteiger partial charge in [-0.25, -0.2) is 4.98 Å². The number of nitrogens with one attached hydrogen (secondary N) is 2. The van der Waals surface area contributed by atoms with Gasteiger partial charge in [0.2, 0.25) is 5.95 Å². The molecule has 1 heterocycles. The number of hydrogen-bond acceptors (Lipinski definition) is 4. The van der Waals surface area contributed by atoms with Crippen LogP contribution >= 0.6 is 22.6 Å². The van der Waals surface area contributed by atoms with Crippen molar-refractivity contribution >= 4 is 40.0 Å². The summed E-state index contributed by atoms with van der Waals surface area (Å²) in [6, 6.07) is 10.0. The van der Waals surface area contributed by atoms with E-state index in [1.807, 2.05) is 38.2 Å². The highest BCUT2D eigenvalue weighted by molar-refractivity contribution is 14.1. The molecule has 0 spiro atoms. The lowest BCUT2D eigenvalue weighted by Crippen LogP contribution is -2.02. The average Bonchev–Trinajstić information content (AvgIpc) is 2.31. The van der Waals surface area contributed by atoms with Gasteiger partial charge in [-0.3, -0.25) is 0 Å². The molecule has 5 heteroatoms. The molecule has 0 unspecified atom stereocenters. The van der Waals surface area contributed by atoms with Gasteiger partial charge in [0.1, 0.15) is 5.82 Å². The summed E-state index contributed by atoms with van der Waals surface area (Å²) in [4.78, 5) is 8.60. The number of benzene rings is 1. The molecule has 2 rings (SSSR count). The summed E-state index contributed by atoms with van der Waals surface area (Å²) in [6.07, 6.45) is 0. The Bertz CT molecular complexity index is 528. The number of para-hydroxylation sites is 1. The Morgan fingerprint density at radius 3 is 2.65 bits per heavy atom. The smallest absolute Gasteiger partial charge is 0.224 e. The third kappa shape index (κ3) is 3.06. The minimum Gasteiger partial charge on any atom is -0.357 e. The number of nitrogens with zero attached hydrogens (tertiary/aromatic N) is 2. The number of halogens is 1. The van der Waals surface area contributed by atoms with Crippen LogP contribution in [0.5, 0.6) is 0 Å². The van der Waals surface area contributed by atoms with Gasteiger partial charge >= 0.3 is 0 Å². The fourth-order valence-electron chi connectivity index (χ4n) is 1.44. The summed E-state index contributed by atoms with van der Waals surface area (Å²) in [5.74, 6) is 1.42. The van der Waals surface area contributed by atoms with Crippen LogP contribution in [0.15, 0.2) is 30.3 Å². The van der Waals surface area contributed by atoms with Crippen molar-refractivity contribution in [2.45, 2.75) is 6.92 Å². The third-order valence-electron chi connectivity index (χ3n) is 2.21. The molecule has 0 bridgehead atoms. The molecule has 0 atom stereocenters. The van der Waals surface area contributed by atoms with Crippen LogP contribution < -0.4 is 10.6 Å². The summed E-state index contributed by atoms with van der Waals surface area (Å²) in [5, 5.41) is 6.23. The van der Waals surface area contributed by atoms with Gasteiger partial charge in [-0.2, -0.15) is 4.98 Å². The summed E-state index contributed by atoms with van der Waals surface area (Å²) in [7, 11) is 1.81. The monoisotopic (exact) mass is 340 g/mol. The van der Waals surface area contributed by atoms with Crippen LogP contribution in [0.25, 0.3) is 0 Å². The molecule has 2 N–H and O–H groups in total. The van der Waals surface area contributed by atoms with Gasteiger partial charge < -0.3 is 10.6 Å². The predicted molar refractivity (Wildman–Crippen MR) is 78.8 cm³/mol. The van der Waals surface area contributed by atoms with E-state index in [0.29, 0.717) is 5.95 Å². The minimum atomic E-state index is 0.624. The summed E-state index contributed by atoms with van der Waals surface area (Å²) in [6.45, 7) is 1.95. The van der Waals surface area contributed by atoms with Crippen LogP contribution in [0.2, 0.25) is 0 Å². The molecule has 4 nitrogen and oxygen atoms in total. The van der Waals surface area contributed by atoms with Crippen molar-refractivity contribution in [1.82, 2.24) is 9.97 Å². The van der Waals surface area contributed by atoms with Gasteiger partial charge in [0, 0.05) is 22.4 Å². The minimum absolute atomic E-state index is 0.624. The van der Waals surface area contributed by atoms with Crippen LogP contribution in [-0.2, 0) is 0 Å².